The highest BCUT2D eigenvalue weighted by molar-refractivity contribution is 7.17. The van der Waals surface area contributed by atoms with Crippen molar-refractivity contribution < 1.29 is 4.74 Å². The molecular weight excluding hydrogens is 436 g/mol. The van der Waals surface area contributed by atoms with Crippen LogP contribution in [0.1, 0.15) is 10.6 Å². The van der Waals surface area contributed by atoms with Crippen LogP contribution in [0.5, 0.6) is 0 Å². The van der Waals surface area contributed by atoms with Gasteiger partial charge in [-0.3, -0.25) is 14.6 Å². The molecule has 0 radical (unpaired) electrons. The molecule has 1 fully saturated rings. The molecule has 9 nitrogen and oxygen atoms in total. The van der Waals surface area contributed by atoms with E-state index in [0.29, 0.717) is 6.54 Å². The Morgan fingerprint density at radius 3 is 2.91 bits per heavy atom. The van der Waals surface area contributed by atoms with Crippen molar-refractivity contribution in [2.45, 2.75) is 13.5 Å². The molecule has 0 aliphatic carbocycles. The number of aromatic nitrogens is 5. The molecule has 0 saturated carbocycles. The van der Waals surface area contributed by atoms with Gasteiger partial charge in [-0.25, -0.2) is 14.5 Å². The third-order valence-corrected chi connectivity index (χ3v) is 7.02. The number of ether oxygens (including phenoxy) is 1. The third-order valence-electron chi connectivity index (χ3n) is 5.95. The third kappa shape index (κ3) is 3.90. The van der Waals surface area contributed by atoms with Crippen molar-refractivity contribution in [2.24, 2.45) is 9.98 Å². The second-order valence-electron chi connectivity index (χ2n) is 8.11. The maximum absolute atomic E-state index is 5.44. The summed E-state index contributed by atoms with van der Waals surface area (Å²) in [5, 5.41) is 10.2. The number of thiazole rings is 1. The van der Waals surface area contributed by atoms with Crippen LogP contribution in [0.15, 0.2) is 46.8 Å². The van der Waals surface area contributed by atoms with Crippen LogP contribution in [-0.4, -0.2) is 80.7 Å². The molecule has 6 rings (SSSR count). The summed E-state index contributed by atoms with van der Waals surface area (Å²) < 4.78 is 9.34. The predicted molar refractivity (Wildman–Crippen MR) is 129 cm³/mol. The number of rotatable bonds is 6. The van der Waals surface area contributed by atoms with Gasteiger partial charge in [0.2, 0.25) is 0 Å². The smallest absolute Gasteiger partial charge is 0.167 e. The van der Waals surface area contributed by atoms with Crippen LogP contribution in [0.4, 0.5) is 0 Å². The van der Waals surface area contributed by atoms with Crippen LogP contribution in [0.3, 0.4) is 0 Å². The van der Waals surface area contributed by atoms with Gasteiger partial charge in [-0.05, 0) is 19.1 Å². The minimum Gasteiger partial charge on any atom is -0.379 e. The second kappa shape index (κ2) is 8.62. The Morgan fingerprint density at radius 1 is 1.15 bits per heavy atom. The molecule has 10 heteroatoms. The Kier molecular flexibility index (Phi) is 5.33. The topological polar surface area (TPSA) is 85.2 Å². The first-order chi connectivity index (χ1) is 16.3. The van der Waals surface area contributed by atoms with E-state index in [1.165, 1.54) is 0 Å². The van der Waals surface area contributed by atoms with E-state index in [-0.39, 0.29) is 0 Å². The van der Waals surface area contributed by atoms with Gasteiger partial charge in [0.05, 0.1) is 59.8 Å². The maximum Gasteiger partial charge on any atom is 0.167 e. The molecule has 4 aromatic rings. The van der Waals surface area contributed by atoms with Crippen molar-refractivity contribution in [3.8, 4) is 21.8 Å². The van der Waals surface area contributed by atoms with Gasteiger partial charge in [0.15, 0.2) is 5.84 Å². The highest BCUT2D eigenvalue weighted by Crippen LogP contribution is 2.38. The molecule has 6 heterocycles. The standard InChI is InChI=1S/C23H24N8OS/c1-16-19(18-4-2-3-7-31(18)28-16)23-27-20(21(33-23)22-24-5-6-25-22)17-14-26-30(15-17)9-8-29-10-12-32-13-11-29/h2-5,7,14-15H,6,8-13H2,1H3. The number of hydrogen-bond acceptors (Lipinski definition) is 8. The highest BCUT2D eigenvalue weighted by atomic mass is 32.1. The normalized spacial score (nSPS) is 16.7. The Hall–Kier alpha value is -3.21. The number of pyridine rings is 1. The van der Waals surface area contributed by atoms with E-state index in [4.69, 9.17) is 9.72 Å². The number of fused-ring (bicyclic) bond motifs is 1. The quantitative estimate of drug-likeness (QED) is 0.442. The summed E-state index contributed by atoms with van der Waals surface area (Å²) in [5.41, 5.74) is 4.90. The minimum atomic E-state index is 0.608. The lowest BCUT2D eigenvalue weighted by atomic mass is 10.2. The van der Waals surface area contributed by atoms with Gasteiger partial charge in [0, 0.05) is 43.8 Å². The summed E-state index contributed by atoms with van der Waals surface area (Å²) in [5.74, 6) is 0.740. The van der Waals surface area contributed by atoms with Gasteiger partial charge in [-0.1, -0.05) is 6.07 Å². The van der Waals surface area contributed by atoms with E-state index in [2.05, 4.69) is 37.3 Å². The molecule has 0 bridgehead atoms. The Balaban J connectivity index is 1.36. The zero-order chi connectivity index (χ0) is 22.2. The molecular formula is C23H24N8OS. The van der Waals surface area contributed by atoms with Crippen LogP contribution < -0.4 is 0 Å². The number of aliphatic imine (C=N–C) groups is 2. The van der Waals surface area contributed by atoms with Crippen molar-refractivity contribution in [2.75, 3.05) is 39.4 Å². The second-order valence-corrected chi connectivity index (χ2v) is 9.11. The number of nitrogens with zero attached hydrogens (tertiary/aromatic N) is 8. The van der Waals surface area contributed by atoms with Gasteiger partial charge in [-0.2, -0.15) is 10.2 Å². The van der Waals surface area contributed by atoms with E-state index < -0.39 is 0 Å². The summed E-state index contributed by atoms with van der Waals surface area (Å²) in [4.78, 5) is 17.5. The first kappa shape index (κ1) is 20.4. The Bertz CT molecular complexity index is 1360. The average Bonchev–Trinajstić information content (AvgIpc) is 3.63. The molecule has 0 atom stereocenters. The first-order valence-corrected chi connectivity index (χ1v) is 11.9. The SMILES string of the molecule is Cc1nn2ccccc2c1-c1nc(-c2cnn(CCN3CCOCC3)c2)c(C2=NCC=N2)s1. The van der Waals surface area contributed by atoms with E-state index in [0.717, 1.165) is 83.1 Å². The minimum absolute atomic E-state index is 0.608. The average molecular weight is 461 g/mol. The molecule has 33 heavy (non-hydrogen) atoms. The monoisotopic (exact) mass is 460 g/mol. The largest absolute Gasteiger partial charge is 0.379 e. The highest BCUT2D eigenvalue weighted by Gasteiger charge is 2.23. The van der Waals surface area contributed by atoms with Crippen LogP contribution in [0.25, 0.3) is 27.3 Å². The maximum atomic E-state index is 5.44. The molecule has 2 aliphatic heterocycles. The van der Waals surface area contributed by atoms with Crippen molar-refractivity contribution in [3.05, 3.63) is 47.4 Å². The van der Waals surface area contributed by atoms with Crippen LogP contribution in [0, 0.1) is 6.92 Å². The van der Waals surface area contributed by atoms with Gasteiger partial charge >= 0.3 is 0 Å². The summed E-state index contributed by atoms with van der Waals surface area (Å²) in [7, 11) is 0. The van der Waals surface area contributed by atoms with Crippen LogP contribution in [-0.2, 0) is 11.3 Å². The predicted octanol–water partition coefficient (Wildman–Crippen LogP) is 2.79. The summed E-state index contributed by atoms with van der Waals surface area (Å²) in [6.07, 6.45) is 7.77. The summed E-state index contributed by atoms with van der Waals surface area (Å²) >= 11 is 1.62. The lowest BCUT2D eigenvalue weighted by molar-refractivity contribution is 0.0360. The zero-order valence-electron chi connectivity index (χ0n) is 18.4. The zero-order valence-corrected chi connectivity index (χ0v) is 19.2. The van der Waals surface area contributed by atoms with Crippen LogP contribution >= 0.6 is 11.3 Å². The Morgan fingerprint density at radius 2 is 2.06 bits per heavy atom. The van der Waals surface area contributed by atoms with E-state index in [9.17, 15) is 0 Å². The van der Waals surface area contributed by atoms with Gasteiger partial charge in [0.25, 0.3) is 0 Å². The molecule has 0 spiro atoms. The summed E-state index contributed by atoms with van der Waals surface area (Å²) in [6, 6.07) is 6.08. The fourth-order valence-electron chi connectivity index (χ4n) is 4.26. The lowest BCUT2D eigenvalue weighted by Gasteiger charge is -2.26. The fraction of sp³-hybridized carbons (Fsp3) is 0.348. The van der Waals surface area contributed by atoms with E-state index in [1.807, 2.05) is 46.9 Å². The van der Waals surface area contributed by atoms with Crippen molar-refractivity contribution >= 4 is 28.9 Å². The summed E-state index contributed by atoms with van der Waals surface area (Å²) in [6.45, 7) is 7.99. The molecule has 0 amide bonds. The van der Waals surface area contributed by atoms with Gasteiger partial charge in [-0.15, -0.1) is 11.3 Å². The fourth-order valence-corrected chi connectivity index (χ4v) is 5.41. The number of aryl methyl sites for hydroxylation is 1. The van der Waals surface area contributed by atoms with E-state index in [1.54, 1.807) is 11.3 Å². The van der Waals surface area contributed by atoms with E-state index >= 15 is 0 Å². The number of morpholine rings is 1. The van der Waals surface area contributed by atoms with Crippen LogP contribution in [0.2, 0.25) is 0 Å². The lowest BCUT2D eigenvalue weighted by Crippen LogP contribution is -2.38. The van der Waals surface area contributed by atoms with Gasteiger partial charge < -0.3 is 4.74 Å². The molecule has 0 N–H and O–H groups in total. The molecule has 168 valence electrons. The first-order valence-electron chi connectivity index (χ1n) is 11.1. The molecule has 0 unspecified atom stereocenters. The van der Waals surface area contributed by atoms with Crippen molar-refractivity contribution in [3.63, 3.8) is 0 Å². The van der Waals surface area contributed by atoms with Gasteiger partial charge in [0.1, 0.15) is 5.01 Å². The molecule has 4 aromatic heterocycles. The number of amidine groups is 1. The van der Waals surface area contributed by atoms with Crippen molar-refractivity contribution in [1.29, 1.82) is 0 Å². The number of hydrogen-bond donors (Lipinski definition) is 0. The molecule has 0 aromatic carbocycles. The van der Waals surface area contributed by atoms with Crippen molar-refractivity contribution in [1.82, 2.24) is 29.3 Å². The Labute approximate surface area is 195 Å². The molecule has 2 aliphatic rings. The molecule has 1 saturated heterocycles.